The van der Waals surface area contributed by atoms with E-state index in [1.54, 1.807) is 0 Å². The second kappa shape index (κ2) is 4.70. The van der Waals surface area contributed by atoms with Crippen LogP contribution in [0.2, 0.25) is 0 Å². The van der Waals surface area contributed by atoms with E-state index in [9.17, 15) is 0 Å². The molecule has 3 rings (SSSR count). The minimum Gasteiger partial charge on any atom is -0.327 e. The van der Waals surface area contributed by atoms with Gasteiger partial charge in [-0.05, 0) is 74.0 Å². The first-order chi connectivity index (χ1) is 8.63. The SMILES string of the molecule is Cc1ccc(CC(N)C2CC3CCC2C3)cc1C. The van der Waals surface area contributed by atoms with Gasteiger partial charge in [0.15, 0.2) is 0 Å². The fourth-order valence-electron chi connectivity index (χ4n) is 4.17. The Morgan fingerprint density at radius 1 is 1.17 bits per heavy atom. The summed E-state index contributed by atoms with van der Waals surface area (Å²) in [6.45, 7) is 4.37. The van der Waals surface area contributed by atoms with Crippen LogP contribution in [0.25, 0.3) is 0 Å². The number of hydrogen-bond donors (Lipinski definition) is 1. The first-order valence-electron chi connectivity index (χ1n) is 7.45. The molecule has 2 bridgehead atoms. The summed E-state index contributed by atoms with van der Waals surface area (Å²) in [5, 5.41) is 0. The molecule has 0 amide bonds. The van der Waals surface area contributed by atoms with E-state index in [4.69, 9.17) is 5.73 Å². The Labute approximate surface area is 111 Å². The van der Waals surface area contributed by atoms with Gasteiger partial charge >= 0.3 is 0 Å². The van der Waals surface area contributed by atoms with Crippen molar-refractivity contribution in [1.82, 2.24) is 0 Å². The van der Waals surface area contributed by atoms with Crippen LogP contribution >= 0.6 is 0 Å². The van der Waals surface area contributed by atoms with E-state index >= 15 is 0 Å². The third-order valence-corrected chi connectivity index (χ3v) is 5.39. The molecule has 4 unspecified atom stereocenters. The molecule has 0 aliphatic heterocycles. The third kappa shape index (κ3) is 2.21. The summed E-state index contributed by atoms with van der Waals surface area (Å²) in [7, 11) is 0. The normalized spacial score (nSPS) is 31.8. The predicted octanol–water partition coefficient (Wildman–Crippen LogP) is 3.61. The van der Waals surface area contributed by atoms with Crippen LogP contribution in [-0.2, 0) is 6.42 Å². The number of rotatable bonds is 3. The Morgan fingerprint density at radius 2 is 2.00 bits per heavy atom. The van der Waals surface area contributed by atoms with Crippen LogP contribution in [0, 0.1) is 31.6 Å². The van der Waals surface area contributed by atoms with Crippen molar-refractivity contribution in [2.24, 2.45) is 23.5 Å². The first kappa shape index (κ1) is 12.2. The average Bonchev–Trinajstić information content (AvgIpc) is 2.96. The number of aryl methyl sites for hydroxylation is 2. The molecule has 2 N–H and O–H groups in total. The molecule has 2 saturated carbocycles. The quantitative estimate of drug-likeness (QED) is 0.862. The zero-order chi connectivity index (χ0) is 12.7. The van der Waals surface area contributed by atoms with Gasteiger partial charge in [0.25, 0.3) is 0 Å². The van der Waals surface area contributed by atoms with E-state index < -0.39 is 0 Å². The van der Waals surface area contributed by atoms with Gasteiger partial charge in [-0.25, -0.2) is 0 Å². The van der Waals surface area contributed by atoms with Crippen molar-refractivity contribution in [2.45, 2.75) is 52.0 Å². The minimum absolute atomic E-state index is 0.377. The van der Waals surface area contributed by atoms with Crippen LogP contribution in [0.4, 0.5) is 0 Å². The number of fused-ring (bicyclic) bond motifs is 2. The van der Waals surface area contributed by atoms with E-state index in [1.165, 1.54) is 42.4 Å². The molecule has 2 fully saturated rings. The maximum atomic E-state index is 6.49. The van der Waals surface area contributed by atoms with Gasteiger partial charge in [-0.1, -0.05) is 24.6 Å². The number of nitrogens with two attached hydrogens (primary N) is 1. The van der Waals surface area contributed by atoms with E-state index in [1.807, 2.05) is 0 Å². The third-order valence-electron chi connectivity index (χ3n) is 5.39. The van der Waals surface area contributed by atoms with Crippen LogP contribution in [0.3, 0.4) is 0 Å². The smallest absolute Gasteiger partial charge is 0.0110 e. The monoisotopic (exact) mass is 243 g/mol. The summed E-state index contributed by atoms with van der Waals surface area (Å²) in [6, 6.07) is 7.19. The lowest BCUT2D eigenvalue weighted by Gasteiger charge is -2.28. The molecule has 1 aromatic carbocycles. The largest absolute Gasteiger partial charge is 0.327 e. The average molecular weight is 243 g/mol. The van der Waals surface area contributed by atoms with Crippen molar-refractivity contribution in [3.05, 3.63) is 34.9 Å². The van der Waals surface area contributed by atoms with Gasteiger partial charge < -0.3 is 5.73 Å². The molecular formula is C17H25N. The summed E-state index contributed by atoms with van der Waals surface area (Å²) in [5.41, 5.74) is 10.7. The molecule has 2 aliphatic carbocycles. The number of benzene rings is 1. The van der Waals surface area contributed by atoms with Crippen molar-refractivity contribution in [2.75, 3.05) is 0 Å². The summed E-state index contributed by atoms with van der Waals surface area (Å²) in [5.74, 6) is 2.74. The van der Waals surface area contributed by atoms with Crippen molar-refractivity contribution < 1.29 is 0 Å². The molecule has 4 atom stereocenters. The topological polar surface area (TPSA) is 26.0 Å². The number of hydrogen-bond acceptors (Lipinski definition) is 1. The van der Waals surface area contributed by atoms with Gasteiger partial charge in [0.2, 0.25) is 0 Å². The molecule has 0 radical (unpaired) electrons. The summed E-state index contributed by atoms with van der Waals surface area (Å²) < 4.78 is 0. The highest BCUT2D eigenvalue weighted by molar-refractivity contribution is 5.30. The van der Waals surface area contributed by atoms with Crippen LogP contribution in [-0.4, -0.2) is 6.04 Å². The Morgan fingerprint density at radius 3 is 2.61 bits per heavy atom. The van der Waals surface area contributed by atoms with Crippen LogP contribution in [0.1, 0.15) is 42.4 Å². The van der Waals surface area contributed by atoms with Crippen molar-refractivity contribution >= 4 is 0 Å². The highest BCUT2D eigenvalue weighted by atomic mass is 14.7. The first-order valence-corrected chi connectivity index (χ1v) is 7.45. The minimum atomic E-state index is 0.377. The zero-order valence-electron chi connectivity index (χ0n) is 11.7. The molecule has 1 nitrogen and oxygen atoms in total. The van der Waals surface area contributed by atoms with Gasteiger partial charge in [0, 0.05) is 6.04 Å². The molecule has 0 saturated heterocycles. The molecule has 0 aromatic heterocycles. The van der Waals surface area contributed by atoms with E-state index in [2.05, 4.69) is 32.0 Å². The van der Waals surface area contributed by atoms with Crippen molar-refractivity contribution in [3.8, 4) is 0 Å². The molecule has 1 heteroatoms. The molecule has 18 heavy (non-hydrogen) atoms. The highest BCUT2D eigenvalue weighted by Gasteiger charge is 2.41. The Bertz CT molecular complexity index is 437. The highest BCUT2D eigenvalue weighted by Crippen LogP contribution is 2.49. The van der Waals surface area contributed by atoms with Gasteiger partial charge in [-0.2, -0.15) is 0 Å². The second-order valence-electron chi connectivity index (χ2n) is 6.63. The molecule has 0 spiro atoms. The van der Waals surface area contributed by atoms with Gasteiger partial charge in [-0.3, -0.25) is 0 Å². The van der Waals surface area contributed by atoms with Crippen LogP contribution < -0.4 is 5.73 Å². The van der Waals surface area contributed by atoms with Gasteiger partial charge in [-0.15, -0.1) is 0 Å². The summed E-state index contributed by atoms with van der Waals surface area (Å²) in [6.07, 6.45) is 6.84. The lowest BCUT2D eigenvalue weighted by atomic mass is 9.81. The fourth-order valence-corrected chi connectivity index (χ4v) is 4.17. The molecule has 2 aliphatic rings. The van der Waals surface area contributed by atoms with Crippen molar-refractivity contribution in [3.63, 3.8) is 0 Å². The van der Waals surface area contributed by atoms with Crippen LogP contribution in [0.5, 0.6) is 0 Å². The van der Waals surface area contributed by atoms with Gasteiger partial charge in [0.05, 0.1) is 0 Å². The molecule has 0 heterocycles. The van der Waals surface area contributed by atoms with Crippen LogP contribution in [0.15, 0.2) is 18.2 Å². The lowest BCUT2D eigenvalue weighted by molar-refractivity contribution is 0.280. The molecule has 1 aromatic rings. The van der Waals surface area contributed by atoms with E-state index in [0.717, 1.165) is 24.2 Å². The van der Waals surface area contributed by atoms with E-state index in [0.29, 0.717) is 6.04 Å². The Balaban J connectivity index is 1.67. The van der Waals surface area contributed by atoms with E-state index in [-0.39, 0.29) is 0 Å². The molecule has 98 valence electrons. The fraction of sp³-hybridized carbons (Fsp3) is 0.647. The second-order valence-corrected chi connectivity index (χ2v) is 6.63. The van der Waals surface area contributed by atoms with Crippen molar-refractivity contribution in [1.29, 1.82) is 0 Å². The molecular weight excluding hydrogens is 218 g/mol. The predicted molar refractivity (Wildman–Crippen MR) is 76.5 cm³/mol. The zero-order valence-corrected chi connectivity index (χ0v) is 11.7. The Kier molecular flexibility index (Phi) is 3.19. The summed E-state index contributed by atoms with van der Waals surface area (Å²) in [4.78, 5) is 0. The lowest BCUT2D eigenvalue weighted by Crippen LogP contribution is -2.35. The summed E-state index contributed by atoms with van der Waals surface area (Å²) >= 11 is 0. The maximum absolute atomic E-state index is 6.49. The van der Waals surface area contributed by atoms with Gasteiger partial charge in [0.1, 0.15) is 0 Å². The Hall–Kier alpha value is -0.820. The standard InChI is InChI=1S/C17H25N/c1-11-3-4-13(7-12(11)2)10-17(18)16-9-14-5-6-15(16)8-14/h3-4,7,14-17H,5-6,8-10,18H2,1-2H3. The maximum Gasteiger partial charge on any atom is 0.0110 e.